The van der Waals surface area contributed by atoms with Gasteiger partial charge in [-0.15, -0.1) is 11.3 Å². The van der Waals surface area contributed by atoms with Crippen LogP contribution in [0.4, 0.5) is 0 Å². The first-order valence-corrected chi connectivity index (χ1v) is 6.92. The van der Waals surface area contributed by atoms with Crippen LogP contribution in [0.25, 0.3) is 0 Å². The van der Waals surface area contributed by atoms with Crippen molar-refractivity contribution >= 4 is 17.2 Å². The van der Waals surface area contributed by atoms with Gasteiger partial charge in [-0.3, -0.25) is 4.79 Å². The third kappa shape index (κ3) is 3.30. The van der Waals surface area contributed by atoms with Gasteiger partial charge in [0.05, 0.1) is 12.1 Å². The van der Waals surface area contributed by atoms with Crippen molar-refractivity contribution in [2.75, 3.05) is 7.05 Å². The Hall–Kier alpha value is -0.870. The summed E-state index contributed by atoms with van der Waals surface area (Å²) < 4.78 is 0. The van der Waals surface area contributed by atoms with Crippen molar-refractivity contribution in [3.05, 3.63) is 22.4 Å². The predicted octanol–water partition coefficient (Wildman–Crippen LogP) is 2.64. The summed E-state index contributed by atoms with van der Waals surface area (Å²) in [7, 11) is 1.83. The first kappa shape index (κ1) is 14.2. The Balaban J connectivity index is 2.69. The molecule has 0 fully saturated rings. The fourth-order valence-electron chi connectivity index (χ4n) is 1.64. The highest BCUT2D eigenvalue weighted by atomic mass is 32.1. The van der Waals surface area contributed by atoms with E-state index in [-0.39, 0.29) is 17.9 Å². The van der Waals surface area contributed by atoms with Crippen molar-refractivity contribution in [2.45, 2.75) is 39.3 Å². The van der Waals surface area contributed by atoms with Gasteiger partial charge in [0.15, 0.2) is 0 Å². The van der Waals surface area contributed by atoms with Crippen LogP contribution in [0.2, 0.25) is 0 Å². The van der Waals surface area contributed by atoms with Gasteiger partial charge in [0.25, 0.3) is 0 Å². The molecule has 0 radical (unpaired) electrons. The predicted molar refractivity (Wildman–Crippen MR) is 72.9 cm³/mol. The topological polar surface area (TPSA) is 46.3 Å². The number of hydrogen-bond acceptors (Lipinski definition) is 3. The molecule has 0 aliphatic carbocycles. The van der Waals surface area contributed by atoms with E-state index in [1.807, 2.05) is 38.4 Å². The van der Waals surface area contributed by atoms with Crippen LogP contribution >= 0.6 is 11.3 Å². The molecule has 1 aromatic rings. The maximum absolute atomic E-state index is 12.2. The van der Waals surface area contributed by atoms with Crippen molar-refractivity contribution in [2.24, 2.45) is 11.7 Å². The van der Waals surface area contributed by atoms with Crippen molar-refractivity contribution in [1.82, 2.24) is 4.90 Å². The number of nitrogens with zero attached hydrogens (tertiary/aromatic N) is 1. The van der Waals surface area contributed by atoms with Gasteiger partial charge in [-0.2, -0.15) is 0 Å². The van der Waals surface area contributed by atoms with Gasteiger partial charge in [-0.05, 0) is 24.3 Å². The Kier molecular flexibility index (Phi) is 5.15. The molecule has 0 bridgehead atoms. The average Bonchev–Trinajstić information content (AvgIpc) is 2.87. The van der Waals surface area contributed by atoms with Crippen LogP contribution in [0.5, 0.6) is 0 Å². The summed E-state index contributed by atoms with van der Waals surface area (Å²) in [4.78, 5) is 15.1. The van der Waals surface area contributed by atoms with Gasteiger partial charge < -0.3 is 10.6 Å². The lowest BCUT2D eigenvalue weighted by molar-refractivity contribution is -0.134. The largest absolute Gasteiger partial charge is 0.337 e. The zero-order valence-electron chi connectivity index (χ0n) is 11.0. The SMILES string of the molecule is CC[C@H](C)[C@H](N)C(=O)N(C)C(C)c1cccs1. The van der Waals surface area contributed by atoms with Gasteiger partial charge in [0, 0.05) is 11.9 Å². The fraction of sp³-hybridized carbons (Fsp3) is 0.615. The van der Waals surface area contributed by atoms with Crippen LogP contribution in [0, 0.1) is 5.92 Å². The Morgan fingerprint density at radius 1 is 1.53 bits per heavy atom. The molecule has 0 spiro atoms. The van der Waals surface area contributed by atoms with E-state index in [1.165, 1.54) is 4.88 Å². The van der Waals surface area contributed by atoms with Crippen LogP contribution in [0.1, 0.15) is 38.1 Å². The van der Waals surface area contributed by atoms with E-state index >= 15 is 0 Å². The van der Waals surface area contributed by atoms with Crippen molar-refractivity contribution in [3.8, 4) is 0 Å². The van der Waals surface area contributed by atoms with Crippen LogP contribution in [-0.2, 0) is 4.79 Å². The first-order valence-electron chi connectivity index (χ1n) is 6.04. The highest BCUT2D eigenvalue weighted by Gasteiger charge is 2.26. The molecule has 0 aliphatic rings. The number of rotatable bonds is 5. The number of carbonyl (C=O) groups is 1. The average molecular weight is 254 g/mol. The number of likely N-dealkylation sites (N-methyl/N-ethyl adjacent to an activating group) is 1. The van der Waals surface area contributed by atoms with Crippen LogP contribution in [-0.4, -0.2) is 23.9 Å². The zero-order valence-corrected chi connectivity index (χ0v) is 11.8. The molecule has 0 aliphatic heterocycles. The zero-order chi connectivity index (χ0) is 13.0. The van der Waals surface area contributed by atoms with E-state index in [4.69, 9.17) is 5.73 Å². The van der Waals surface area contributed by atoms with Gasteiger partial charge in [0.1, 0.15) is 0 Å². The molecule has 1 rings (SSSR count). The monoisotopic (exact) mass is 254 g/mol. The number of amides is 1. The maximum atomic E-state index is 12.2. The van der Waals surface area contributed by atoms with Crippen molar-refractivity contribution in [3.63, 3.8) is 0 Å². The second-order valence-electron chi connectivity index (χ2n) is 4.55. The summed E-state index contributed by atoms with van der Waals surface area (Å²) in [5, 5.41) is 2.03. The molecule has 1 heterocycles. The summed E-state index contributed by atoms with van der Waals surface area (Å²) in [5.74, 6) is 0.251. The van der Waals surface area contributed by atoms with E-state index in [0.29, 0.717) is 0 Å². The lowest BCUT2D eigenvalue weighted by Crippen LogP contribution is -2.46. The van der Waals surface area contributed by atoms with Gasteiger partial charge in [-0.1, -0.05) is 26.3 Å². The summed E-state index contributed by atoms with van der Waals surface area (Å²) in [6, 6.07) is 3.75. The molecule has 2 N–H and O–H groups in total. The molecule has 0 saturated heterocycles. The second kappa shape index (κ2) is 6.17. The van der Waals surface area contributed by atoms with Gasteiger partial charge in [-0.25, -0.2) is 0 Å². The van der Waals surface area contributed by atoms with Crippen LogP contribution < -0.4 is 5.73 Å². The first-order chi connectivity index (χ1) is 7.99. The number of nitrogens with two attached hydrogens (primary N) is 1. The van der Waals surface area contributed by atoms with Crippen LogP contribution in [0.3, 0.4) is 0 Å². The van der Waals surface area contributed by atoms with Crippen molar-refractivity contribution < 1.29 is 4.79 Å². The molecular weight excluding hydrogens is 232 g/mol. The Morgan fingerprint density at radius 3 is 2.65 bits per heavy atom. The normalized spacial score (nSPS) is 16.3. The van der Waals surface area contributed by atoms with Gasteiger partial charge >= 0.3 is 0 Å². The molecule has 17 heavy (non-hydrogen) atoms. The highest BCUT2D eigenvalue weighted by molar-refractivity contribution is 7.10. The summed E-state index contributed by atoms with van der Waals surface area (Å²) in [5.41, 5.74) is 5.98. The molecule has 1 aromatic heterocycles. The molecule has 1 amide bonds. The Labute approximate surface area is 108 Å². The summed E-state index contributed by atoms with van der Waals surface area (Å²) in [6.45, 7) is 6.11. The molecule has 3 atom stereocenters. The van der Waals surface area contributed by atoms with E-state index in [0.717, 1.165) is 6.42 Å². The molecule has 0 saturated carbocycles. The molecule has 3 nitrogen and oxygen atoms in total. The molecular formula is C13H22N2OS. The molecule has 4 heteroatoms. The van der Waals surface area contributed by atoms with Crippen molar-refractivity contribution in [1.29, 1.82) is 0 Å². The molecule has 1 unspecified atom stereocenters. The Bertz CT molecular complexity index is 350. The number of hydrogen-bond donors (Lipinski definition) is 1. The number of thiophene rings is 1. The molecule has 96 valence electrons. The Morgan fingerprint density at radius 2 is 2.18 bits per heavy atom. The smallest absolute Gasteiger partial charge is 0.240 e. The maximum Gasteiger partial charge on any atom is 0.240 e. The lowest BCUT2D eigenvalue weighted by Gasteiger charge is -2.29. The summed E-state index contributed by atoms with van der Waals surface area (Å²) >= 11 is 1.67. The minimum absolute atomic E-state index is 0.0280. The standard InChI is InChI=1S/C13H22N2OS/c1-5-9(2)12(14)13(16)15(4)10(3)11-7-6-8-17-11/h6-10,12H,5,14H2,1-4H3/t9-,10?,12-/m0/s1. The van der Waals surface area contributed by atoms with Gasteiger partial charge in [0.2, 0.25) is 5.91 Å². The molecule has 0 aromatic carbocycles. The number of carbonyl (C=O) groups excluding carboxylic acids is 1. The second-order valence-corrected chi connectivity index (χ2v) is 5.53. The minimum Gasteiger partial charge on any atom is -0.337 e. The fourth-order valence-corrected chi connectivity index (χ4v) is 2.47. The summed E-state index contributed by atoms with van der Waals surface area (Å²) in [6.07, 6.45) is 0.925. The van der Waals surface area contributed by atoms with E-state index in [1.54, 1.807) is 16.2 Å². The minimum atomic E-state index is -0.396. The lowest BCUT2D eigenvalue weighted by atomic mass is 9.98. The van der Waals surface area contributed by atoms with Crippen LogP contribution in [0.15, 0.2) is 17.5 Å². The quantitative estimate of drug-likeness (QED) is 0.878. The van der Waals surface area contributed by atoms with E-state index < -0.39 is 6.04 Å². The van der Waals surface area contributed by atoms with E-state index in [9.17, 15) is 4.79 Å². The highest BCUT2D eigenvalue weighted by Crippen LogP contribution is 2.24. The third-order valence-corrected chi connectivity index (χ3v) is 4.47. The van der Waals surface area contributed by atoms with E-state index in [2.05, 4.69) is 6.92 Å². The third-order valence-electron chi connectivity index (χ3n) is 3.43.